The van der Waals surface area contributed by atoms with Crippen molar-refractivity contribution in [3.05, 3.63) is 28.6 Å². The molecule has 0 atom stereocenters. The third-order valence-corrected chi connectivity index (χ3v) is 2.66. The molecule has 0 saturated heterocycles. The molecule has 2 aromatic rings. The highest BCUT2D eigenvalue weighted by Crippen LogP contribution is 2.36. The Morgan fingerprint density at radius 3 is 3.00 bits per heavy atom. The van der Waals surface area contributed by atoms with Crippen molar-refractivity contribution in [2.45, 2.75) is 0 Å². The van der Waals surface area contributed by atoms with Crippen LogP contribution >= 0.6 is 0 Å². The maximum absolute atomic E-state index is 14.1. The van der Waals surface area contributed by atoms with Gasteiger partial charge in [0.1, 0.15) is 18.6 Å². The van der Waals surface area contributed by atoms with E-state index < -0.39 is 11.4 Å². The minimum atomic E-state index is -0.703. The Morgan fingerprint density at radius 2 is 2.18 bits per heavy atom. The van der Waals surface area contributed by atoms with Crippen LogP contribution in [-0.4, -0.2) is 22.8 Å². The Kier molecular flexibility index (Phi) is 2.04. The summed E-state index contributed by atoms with van der Waals surface area (Å²) in [7, 11) is 1.52. The van der Waals surface area contributed by atoms with E-state index in [1.54, 1.807) is 0 Å². The second-order valence-corrected chi connectivity index (χ2v) is 3.77. The van der Waals surface area contributed by atoms with Crippen LogP contribution in [0.2, 0.25) is 0 Å². The van der Waals surface area contributed by atoms with Gasteiger partial charge in [-0.15, -0.1) is 0 Å². The molecule has 5 nitrogen and oxygen atoms in total. The fraction of sp³-hybridized carbons (Fsp3) is 0.273. The summed E-state index contributed by atoms with van der Waals surface area (Å²) < 4.78 is 25.8. The highest BCUT2D eigenvalue weighted by Gasteiger charge is 2.22. The minimum absolute atomic E-state index is 0.00569. The van der Waals surface area contributed by atoms with Crippen molar-refractivity contribution >= 4 is 10.9 Å². The van der Waals surface area contributed by atoms with Crippen molar-refractivity contribution in [1.29, 1.82) is 0 Å². The SMILES string of the molecule is Cn1cnc2cc3c(c(F)c2c1=O)OCCO3. The Labute approximate surface area is 95.4 Å². The van der Waals surface area contributed by atoms with E-state index in [1.807, 2.05) is 0 Å². The number of halogens is 1. The number of nitrogens with zero attached hydrogens (tertiary/aromatic N) is 2. The third-order valence-electron chi connectivity index (χ3n) is 2.66. The third kappa shape index (κ3) is 1.37. The Bertz CT molecular complexity index is 666. The van der Waals surface area contributed by atoms with Crippen LogP contribution in [0.4, 0.5) is 4.39 Å². The van der Waals surface area contributed by atoms with Gasteiger partial charge in [0.05, 0.1) is 11.8 Å². The average molecular weight is 236 g/mol. The van der Waals surface area contributed by atoms with Crippen LogP contribution in [0.3, 0.4) is 0 Å². The van der Waals surface area contributed by atoms with E-state index in [-0.39, 0.29) is 23.3 Å². The first kappa shape index (κ1) is 10.1. The zero-order valence-electron chi connectivity index (χ0n) is 9.07. The molecule has 0 unspecified atom stereocenters. The first-order chi connectivity index (χ1) is 8.18. The van der Waals surface area contributed by atoms with Crippen molar-refractivity contribution < 1.29 is 13.9 Å². The minimum Gasteiger partial charge on any atom is -0.486 e. The van der Waals surface area contributed by atoms with E-state index in [0.29, 0.717) is 12.4 Å². The van der Waals surface area contributed by atoms with Crippen molar-refractivity contribution in [3.8, 4) is 11.5 Å². The lowest BCUT2D eigenvalue weighted by atomic mass is 10.2. The lowest BCUT2D eigenvalue weighted by molar-refractivity contribution is 0.165. The Balaban J connectivity index is 2.45. The number of hydrogen-bond donors (Lipinski definition) is 0. The van der Waals surface area contributed by atoms with Crippen LogP contribution in [0.25, 0.3) is 10.9 Å². The van der Waals surface area contributed by atoms with Gasteiger partial charge in [-0.3, -0.25) is 4.79 Å². The number of aryl methyl sites for hydroxylation is 1. The average Bonchev–Trinajstić information content (AvgIpc) is 2.34. The van der Waals surface area contributed by atoms with Gasteiger partial charge in [-0.05, 0) is 0 Å². The molecular weight excluding hydrogens is 227 g/mol. The molecule has 0 N–H and O–H groups in total. The second-order valence-electron chi connectivity index (χ2n) is 3.77. The van der Waals surface area contributed by atoms with Gasteiger partial charge in [0, 0.05) is 13.1 Å². The summed E-state index contributed by atoms with van der Waals surface area (Å²) in [4.78, 5) is 15.8. The van der Waals surface area contributed by atoms with E-state index in [0.717, 1.165) is 0 Å². The quantitative estimate of drug-likeness (QED) is 0.680. The Morgan fingerprint density at radius 1 is 1.41 bits per heavy atom. The molecule has 0 bridgehead atoms. The van der Waals surface area contributed by atoms with Gasteiger partial charge in [-0.25, -0.2) is 9.37 Å². The summed E-state index contributed by atoms with van der Waals surface area (Å²) in [6.45, 7) is 0.638. The van der Waals surface area contributed by atoms with Crippen molar-refractivity contribution in [2.75, 3.05) is 13.2 Å². The van der Waals surface area contributed by atoms with Gasteiger partial charge in [-0.2, -0.15) is 0 Å². The van der Waals surface area contributed by atoms with Crippen LogP contribution in [0, 0.1) is 5.82 Å². The molecule has 0 spiro atoms. The topological polar surface area (TPSA) is 53.4 Å². The zero-order valence-corrected chi connectivity index (χ0v) is 9.07. The normalized spacial score (nSPS) is 14.0. The van der Waals surface area contributed by atoms with Crippen LogP contribution in [-0.2, 0) is 7.05 Å². The molecular formula is C11H9FN2O3. The van der Waals surface area contributed by atoms with Crippen LogP contribution < -0.4 is 15.0 Å². The summed E-state index contributed by atoms with van der Waals surface area (Å²) >= 11 is 0. The molecule has 1 aromatic heterocycles. The fourth-order valence-electron chi connectivity index (χ4n) is 1.82. The lowest BCUT2D eigenvalue weighted by Crippen LogP contribution is -2.21. The standard InChI is InChI=1S/C11H9FN2O3/c1-14-5-13-6-4-7-10(17-3-2-16-7)9(12)8(6)11(14)15/h4-5H,2-3H2,1H3. The smallest absolute Gasteiger partial charge is 0.264 e. The van der Waals surface area contributed by atoms with Gasteiger partial charge >= 0.3 is 0 Å². The molecule has 88 valence electrons. The van der Waals surface area contributed by atoms with E-state index in [4.69, 9.17) is 9.47 Å². The number of ether oxygens (including phenoxy) is 2. The van der Waals surface area contributed by atoms with E-state index >= 15 is 0 Å². The highest BCUT2D eigenvalue weighted by molar-refractivity contribution is 5.82. The van der Waals surface area contributed by atoms with Gasteiger partial charge in [0.25, 0.3) is 5.56 Å². The maximum Gasteiger partial charge on any atom is 0.264 e. The Hall–Kier alpha value is -2.11. The fourth-order valence-corrected chi connectivity index (χ4v) is 1.82. The highest BCUT2D eigenvalue weighted by atomic mass is 19.1. The van der Waals surface area contributed by atoms with Crippen molar-refractivity contribution in [3.63, 3.8) is 0 Å². The summed E-state index contributed by atoms with van der Waals surface area (Å²) in [6.07, 6.45) is 1.35. The van der Waals surface area contributed by atoms with Gasteiger partial charge in [0.2, 0.25) is 0 Å². The number of rotatable bonds is 0. The monoisotopic (exact) mass is 236 g/mol. The molecule has 0 radical (unpaired) electrons. The number of fused-ring (bicyclic) bond motifs is 2. The molecule has 6 heteroatoms. The second kappa shape index (κ2) is 3.44. The predicted octanol–water partition coefficient (Wildman–Crippen LogP) is 0.844. The summed E-state index contributed by atoms with van der Waals surface area (Å²) in [5.74, 6) is -0.415. The molecule has 0 amide bonds. The zero-order chi connectivity index (χ0) is 12.0. The van der Waals surface area contributed by atoms with Crippen LogP contribution in [0.1, 0.15) is 0 Å². The first-order valence-electron chi connectivity index (χ1n) is 5.12. The molecule has 1 aromatic carbocycles. The van der Waals surface area contributed by atoms with Gasteiger partial charge < -0.3 is 14.0 Å². The molecule has 3 rings (SSSR count). The van der Waals surface area contributed by atoms with E-state index in [9.17, 15) is 9.18 Å². The molecule has 0 saturated carbocycles. The molecule has 1 aliphatic heterocycles. The summed E-state index contributed by atoms with van der Waals surface area (Å²) in [5, 5.41) is -0.0701. The first-order valence-corrected chi connectivity index (χ1v) is 5.12. The van der Waals surface area contributed by atoms with E-state index in [2.05, 4.69) is 4.98 Å². The molecule has 2 heterocycles. The molecule has 0 aliphatic carbocycles. The van der Waals surface area contributed by atoms with E-state index in [1.165, 1.54) is 24.0 Å². The number of hydrogen-bond acceptors (Lipinski definition) is 4. The largest absolute Gasteiger partial charge is 0.486 e. The summed E-state index contributed by atoms with van der Waals surface area (Å²) in [6, 6.07) is 1.52. The van der Waals surface area contributed by atoms with Crippen molar-refractivity contribution in [1.82, 2.24) is 9.55 Å². The molecule has 0 fully saturated rings. The van der Waals surface area contributed by atoms with Gasteiger partial charge in [-0.1, -0.05) is 0 Å². The van der Waals surface area contributed by atoms with Crippen LogP contribution in [0.5, 0.6) is 11.5 Å². The molecule has 1 aliphatic rings. The lowest BCUT2D eigenvalue weighted by Gasteiger charge is -2.19. The van der Waals surface area contributed by atoms with Crippen LogP contribution in [0.15, 0.2) is 17.2 Å². The van der Waals surface area contributed by atoms with Gasteiger partial charge in [0.15, 0.2) is 17.3 Å². The number of benzene rings is 1. The van der Waals surface area contributed by atoms with Crippen molar-refractivity contribution in [2.24, 2.45) is 7.05 Å². The summed E-state index contributed by atoms with van der Waals surface area (Å²) in [5.41, 5.74) is -0.167. The maximum atomic E-state index is 14.1. The number of aromatic nitrogens is 2. The predicted molar refractivity (Wildman–Crippen MR) is 57.9 cm³/mol. The molecule has 17 heavy (non-hydrogen) atoms.